The summed E-state index contributed by atoms with van der Waals surface area (Å²) in [4.78, 5) is 4.34. The third-order valence-electron chi connectivity index (χ3n) is 6.09. The lowest BCUT2D eigenvalue weighted by atomic mass is 10.0. The fourth-order valence-corrected chi connectivity index (χ4v) is 4.79. The van der Waals surface area contributed by atoms with E-state index in [2.05, 4.69) is 19.6 Å². The normalized spacial score (nSPS) is 23.1. The zero-order valence-corrected chi connectivity index (χ0v) is 18.6. The molecule has 10 nitrogen and oxygen atoms in total. The summed E-state index contributed by atoms with van der Waals surface area (Å²) < 4.78 is 42.5. The Balaban J connectivity index is 1.45. The second-order valence-electron chi connectivity index (χ2n) is 8.28. The van der Waals surface area contributed by atoms with Crippen LogP contribution in [0.5, 0.6) is 0 Å². The second kappa shape index (κ2) is 8.56. The van der Waals surface area contributed by atoms with Crippen molar-refractivity contribution >= 4 is 32.5 Å². The number of rotatable bonds is 6. The standard InChI is InChI=1S/C22H22FN5O5S/c23-16-6-5-15(13-3-1-2-4-14(13)16)17-10-20-25-8-7-19(28(20)27-17)26-18-9-12(21(29)22(18)30)11-33-34(24,31)32/h1-8,10,12,18,21-22,26,29-30H,9,11H2,(H2,24,31,32)/t12?,18-,21+,22+/m1/s1. The molecule has 1 aliphatic carbocycles. The van der Waals surface area contributed by atoms with Crippen LogP contribution < -0.4 is 10.5 Å². The van der Waals surface area contributed by atoms with Gasteiger partial charge >= 0.3 is 10.3 Å². The minimum atomic E-state index is -4.16. The van der Waals surface area contributed by atoms with E-state index in [1.807, 2.05) is 12.1 Å². The van der Waals surface area contributed by atoms with Gasteiger partial charge in [0.1, 0.15) is 17.7 Å². The lowest BCUT2D eigenvalue weighted by Crippen LogP contribution is -2.36. The van der Waals surface area contributed by atoms with E-state index in [0.717, 1.165) is 5.56 Å². The molecular weight excluding hydrogens is 465 g/mol. The highest BCUT2D eigenvalue weighted by atomic mass is 32.2. The molecule has 0 amide bonds. The summed E-state index contributed by atoms with van der Waals surface area (Å²) in [5, 5.41) is 34.7. The van der Waals surface area contributed by atoms with Gasteiger partial charge in [-0.2, -0.15) is 18.0 Å². The molecule has 0 saturated heterocycles. The van der Waals surface area contributed by atoms with Crippen LogP contribution in [0.3, 0.4) is 0 Å². The molecule has 4 atom stereocenters. The molecule has 5 N–H and O–H groups in total. The summed E-state index contributed by atoms with van der Waals surface area (Å²) in [7, 11) is -4.16. The maximum Gasteiger partial charge on any atom is 0.333 e. The Morgan fingerprint density at radius 3 is 2.68 bits per heavy atom. The summed E-state index contributed by atoms with van der Waals surface area (Å²) >= 11 is 0. The summed E-state index contributed by atoms with van der Waals surface area (Å²) in [6, 6.07) is 13.0. The van der Waals surface area contributed by atoms with Crippen molar-refractivity contribution < 1.29 is 27.2 Å². The molecule has 5 rings (SSSR count). The van der Waals surface area contributed by atoms with Crippen molar-refractivity contribution in [2.24, 2.45) is 11.1 Å². The van der Waals surface area contributed by atoms with Crippen molar-refractivity contribution in [1.82, 2.24) is 14.6 Å². The van der Waals surface area contributed by atoms with Crippen molar-refractivity contribution in [3.8, 4) is 11.3 Å². The molecule has 34 heavy (non-hydrogen) atoms. The third-order valence-corrected chi connectivity index (χ3v) is 6.55. The van der Waals surface area contributed by atoms with Crippen LogP contribution in [0.4, 0.5) is 10.2 Å². The molecule has 1 fully saturated rings. The Labute approximate surface area is 194 Å². The average Bonchev–Trinajstić information content (AvgIpc) is 3.35. The van der Waals surface area contributed by atoms with E-state index < -0.39 is 34.5 Å². The first-order chi connectivity index (χ1) is 16.2. The highest BCUT2D eigenvalue weighted by Crippen LogP contribution is 2.32. The van der Waals surface area contributed by atoms with Crippen molar-refractivity contribution in [1.29, 1.82) is 0 Å². The zero-order chi connectivity index (χ0) is 24.0. The van der Waals surface area contributed by atoms with Crippen LogP contribution in [-0.2, 0) is 14.5 Å². The van der Waals surface area contributed by atoms with Gasteiger partial charge in [0.2, 0.25) is 0 Å². The van der Waals surface area contributed by atoms with E-state index in [-0.39, 0.29) is 18.8 Å². The van der Waals surface area contributed by atoms with Gasteiger partial charge in [-0.3, -0.25) is 4.18 Å². The first-order valence-corrected chi connectivity index (χ1v) is 12.0. The van der Waals surface area contributed by atoms with Crippen LogP contribution in [0.1, 0.15) is 6.42 Å². The number of hydrogen-bond acceptors (Lipinski definition) is 8. The number of nitrogens with two attached hydrogens (primary N) is 1. The topological polar surface area (TPSA) is 152 Å². The highest BCUT2D eigenvalue weighted by Gasteiger charge is 2.42. The Kier molecular flexibility index (Phi) is 5.70. The number of aliphatic hydroxyl groups is 2. The summed E-state index contributed by atoms with van der Waals surface area (Å²) in [6.45, 7) is -0.343. The fraction of sp³-hybridized carbons (Fsp3) is 0.273. The Hall–Kier alpha value is -3.16. The van der Waals surface area contributed by atoms with Crippen LogP contribution >= 0.6 is 0 Å². The van der Waals surface area contributed by atoms with E-state index in [0.29, 0.717) is 27.9 Å². The molecule has 1 unspecified atom stereocenters. The lowest BCUT2D eigenvalue weighted by Gasteiger charge is -2.19. The van der Waals surface area contributed by atoms with Gasteiger partial charge in [-0.05, 0) is 30.0 Å². The van der Waals surface area contributed by atoms with Crippen LogP contribution in [0, 0.1) is 11.7 Å². The summed E-state index contributed by atoms with van der Waals surface area (Å²) in [5.74, 6) is -0.452. The summed E-state index contributed by atoms with van der Waals surface area (Å²) in [6.07, 6.45) is -0.562. The Bertz CT molecular complexity index is 1480. The molecule has 2 aromatic carbocycles. The van der Waals surface area contributed by atoms with E-state index in [9.17, 15) is 23.0 Å². The van der Waals surface area contributed by atoms with Crippen LogP contribution in [0.25, 0.3) is 27.7 Å². The molecule has 2 heterocycles. The van der Waals surface area contributed by atoms with Gasteiger partial charge in [-0.25, -0.2) is 14.5 Å². The van der Waals surface area contributed by atoms with Gasteiger partial charge in [0.05, 0.1) is 24.4 Å². The van der Waals surface area contributed by atoms with Crippen molar-refractivity contribution in [3.05, 3.63) is 60.5 Å². The Morgan fingerprint density at radius 1 is 1.15 bits per heavy atom. The molecule has 0 spiro atoms. The largest absolute Gasteiger partial charge is 0.390 e. The molecule has 4 aromatic rings. The van der Waals surface area contributed by atoms with E-state index in [1.54, 1.807) is 41.0 Å². The van der Waals surface area contributed by atoms with Crippen molar-refractivity contribution in [2.45, 2.75) is 24.7 Å². The van der Waals surface area contributed by atoms with Gasteiger partial charge in [0.25, 0.3) is 0 Å². The number of hydrogen-bond donors (Lipinski definition) is 4. The number of aliphatic hydroxyl groups excluding tert-OH is 2. The number of nitrogens with zero attached hydrogens (tertiary/aromatic N) is 3. The molecule has 178 valence electrons. The van der Waals surface area contributed by atoms with Crippen molar-refractivity contribution in [2.75, 3.05) is 11.9 Å². The molecule has 12 heteroatoms. The molecule has 1 aliphatic rings. The molecule has 1 saturated carbocycles. The number of fused-ring (bicyclic) bond motifs is 2. The highest BCUT2D eigenvalue weighted by molar-refractivity contribution is 7.84. The quantitative estimate of drug-likeness (QED) is 0.319. The number of nitrogens with one attached hydrogen (secondary N) is 1. The maximum atomic E-state index is 14.3. The molecule has 2 aromatic heterocycles. The molecule has 0 radical (unpaired) electrons. The number of benzene rings is 2. The van der Waals surface area contributed by atoms with Crippen LogP contribution in [0.15, 0.2) is 54.7 Å². The third kappa shape index (κ3) is 4.21. The average molecular weight is 488 g/mol. The monoisotopic (exact) mass is 487 g/mol. The minimum Gasteiger partial charge on any atom is -0.390 e. The van der Waals surface area contributed by atoms with E-state index in [4.69, 9.17) is 5.14 Å². The van der Waals surface area contributed by atoms with Crippen LogP contribution in [0.2, 0.25) is 0 Å². The van der Waals surface area contributed by atoms with Gasteiger partial charge in [0.15, 0.2) is 5.65 Å². The van der Waals surface area contributed by atoms with E-state index >= 15 is 0 Å². The number of anilines is 1. The molecule has 0 bridgehead atoms. The number of halogens is 1. The second-order valence-corrected chi connectivity index (χ2v) is 9.50. The Morgan fingerprint density at radius 2 is 1.91 bits per heavy atom. The van der Waals surface area contributed by atoms with Gasteiger partial charge in [-0.15, -0.1) is 0 Å². The van der Waals surface area contributed by atoms with Crippen LogP contribution in [-0.4, -0.2) is 58.1 Å². The molecular formula is C22H22FN5O5S. The van der Waals surface area contributed by atoms with Crippen molar-refractivity contribution in [3.63, 3.8) is 0 Å². The van der Waals surface area contributed by atoms with E-state index in [1.165, 1.54) is 6.07 Å². The smallest absolute Gasteiger partial charge is 0.333 e. The maximum absolute atomic E-state index is 14.3. The zero-order valence-electron chi connectivity index (χ0n) is 17.7. The lowest BCUT2D eigenvalue weighted by molar-refractivity contribution is 0.00777. The number of aromatic nitrogens is 3. The first kappa shape index (κ1) is 22.6. The summed E-state index contributed by atoms with van der Waals surface area (Å²) in [5.41, 5.74) is 1.85. The SMILES string of the molecule is NS(=O)(=O)OCC1C[C@@H](Nc2ccnc3cc(-c4ccc(F)c5ccccc45)nn23)[C@H](O)[C@H]1O. The van der Waals surface area contributed by atoms with Gasteiger partial charge in [0, 0.05) is 29.1 Å². The van der Waals surface area contributed by atoms with Gasteiger partial charge < -0.3 is 15.5 Å². The molecule has 0 aliphatic heterocycles. The fourth-order valence-electron chi connectivity index (χ4n) is 4.43. The van der Waals surface area contributed by atoms with Gasteiger partial charge in [-0.1, -0.05) is 24.3 Å². The predicted octanol–water partition coefficient (Wildman–Crippen LogP) is 1.43. The first-order valence-electron chi connectivity index (χ1n) is 10.5. The predicted molar refractivity (Wildman–Crippen MR) is 122 cm³/mol. The minimum absolute atomic E-state index is 0.235.